The number of amides is 2. The Hall–Kier alpha value is -4.64. The van der Waals surface area contributed by atoms with Crippen molar-refractivity contribution in [2.45, 2.75) is 6.92 Å². The minimum absolute atomic E-state index is 0.177. The standard InChI is InChI=1S/C30H21Cl2N3O6S/c1-2-39-24-14-17(5-12-22(24)41-30(38)27-26(32)21-11-8-19(31)15-25(21)42-27)16-33-35-28(36)18-6-9-20(10-7-18)34-29(37)23-4-3-13-40-23/h3-16H,2H2,1H3,(H,34,37)(H,35,36)/b33-16-. The lowest BCUT2D eigenvalue weighted by molar-refractivity contribution is 0.0733. The molecule has 5 aromatic rings. The molecule has 3 aromatic carbocycles. The molecule has 2 amide bonds. The molecule has 12 heteroatoms. The largest absolute Gasteiger partial charge is 0.490 e. The maximum Gasteiger partial charge on any atom is 0.355 e. The number of nitrogens with zero attached hydrogens (tertiary/aromatic N) is 1. The summed E-state index contributed by atoms with van der Waals surface area (Å²) in [5.74, 6) is -0.785. The Morgan fingerprint density at radius 3 is 2.52 bits per heavy atom. The molecule has 0 atom stereocenters. The zero-order chi connectivity index (χ0) is 29.6. The number of hydrazone groups is 1. The van der Waals surface area contributed by atoms with Crippen molar-refractivity contribution in [3.63, 3.8) is 0 Å². The van der Waals surface area contributed by atoms with Crippen LogP contribution in [0.5, 0.6) is 11.5 Å². The number of ether oxygens (including phenoxy) is 2. The van der Waals surface area contributed by atoms with Crippen molar-refractivity contribution in [1.82, 2.24) is 5.43 Å². The Bertz CT molecular complexity index is 1800. The molecule has 2 N–H and O–H groups in total. The van der Waals surface area contributed by atoms with Gasteiger partial charge in [-0.2, -0.15) is 5.10 Å². The maximum atomic E-state index is 13.0. The summed E-state index contributed by atoms with van der Waals surface area (Å²) in [7, 11) is 0. The van der Waals surface area contributed by atoms with E-state index in [1.54, 1.807) is 79.7 Å². The number of anilines is 1. The molecule has 0 bridgehead atoms. The number of carbonyl (C=O) groups excluding carboxylic acids is 3. The van der Waals surface area contributed by atoms with Crippen LogP contribution in [0.3, 0.4) is 0 Å². The first-order valence-electron chi connectivity index (χ1n) is 12.5. The number of halogens is 2. The number of carbonyl (C=O) groups is 3. The molecule has 2 aromatic heterocycles. The first kappa shape index (κ1) is 28.9. The third-order valence-corrected chi connectivity index (χ3v) is 7.65. The molecule has 0 saturated carbocycles. The molecular formula is C30H21Cl2N3O6S. The molecule has 0 spiro atoms. The van der Waals surface area contributed by atoms with E-state index in [-0.39, 0.29) is 16.4 Å². The number of furan rings is 1. The molecule has 2 heterocycles. The molecule has 0 aliphatic rings. The molecule has 42 heavy (non-hydrogen) atoms. The summed E-state index contributed by atoms with van der Waals surface area (Å²) in [5, 5.41) is 8.23. The van der Waals surface area contributed by atoms with E-state index in [1.807, 2.05) is 0 Å². The number of hydrogen-bond acceptors (Lipinski definition) is 8. The van der Waals surface area contributed by atoms with Crippen molar-refractivity contribution in [2.24, 2.45) is 5.10 Å². The normalized spacial score (nSPS) is 11.0. The number of fused-ring (bicyclic) bond motifs is 1. The summed E-state index contributed by atoms with van der Waals surface area (Å²) in [6.45, 7) is 2.12. The number of nitrogens with one attached hydrogen (secondary N) is 2. The highest BCUT2D eigenvalue weighted by Crippen LogP contribution is 2.38. The second kappa shape index (κ2) is 12.9. The van der Waals surface area contributed by atoms with E-state index >= 15 is 0 Å². The summed E-state index contributed by atoms with van der Waals surface area (Å²) in [5.41, 5.74) is 3.87. The number of benzene rings is 3. The highest BCUT2D eigenvalue weighted by Gasteiger charge is 2.21. The minimum Gasteiger partial charge on any atom is -0.490 e. The minimum atomic E-state index is -0.626. The summed E-state index contributed by atoms with van der Waals surface area (Å²) in [6, 6.07) is 19.5. The van der Waals surface area contributed by atoms with Crippen molar-refractivity contribution in [2.75, 3.05) is 11.9 Å². The van der Waals surface area contributed by atoms with Crippen molar-refractivity contribution in [3.05, 3.63) is 111 Å². The van der Waals surface area contributed by atoms with Gasteiger partial charge in [-0.1, -0.05) is 29.3 Å². The lowest BCUT2D eigenvalue weighted by Gasteiger charge is -2.11. The Labute approximate surface area is 253 Å². The number of esters is 1. The summed E-state index contributed by atoms with van der Waals surface area (Å²) >= 11 is 13.7. The van der Waals surface area contributed by atoms with E-state index < -0.39 is 17.8 Å². The van der Waals surface area contributed by atoms with E-state index in [9.17, 15) is 14.4 Å². The average molecular weight is 622 g/mol. The van der Waals surface area contributed by atoms with E-state index in [4.69, 9.17) is 37.1 Å². The van der Waals surface area contributed by atoms with Crippen LogP contribution in [-0.4, -0.2) is 30.6 Å². The van der Waals surface area contributed by atoms with E-state index in [0.717, 1.165) is 4.70 Å². The second-order valence-corrected chi connectivity index (χ2v) is 10.5. The number of hydrogen-bond donors (Lipinski definition) is 2. The van der Waals surface area contributed by atoms with Gasteiger partial charge in [-0.15, -0.1) is 11.3 Å². The van der Waals surface area contributed by atoms with Gasteiger partial charge in [0.2, 0.25) is 0 Å². The maximum absolute atomic E-state index is 13.0. The number of thiophene rings is 1. The van der Waals surface area contributed by atoms with Gasteiger partial charge < -0.3 is 19.2 Å². The summed E-state index contributed by atoms with van der Waals surface area (Å²) in [4.78, 5) is 37.8. The van der Waals surface area contributed by atoms with Crippen LogP contribution in [0.1, 0.15) is 43.1 Å². The van der Waals surface area contributed by atoms with E-state index in [0.29, 0.717) is 44.6 Å². The monoisotopic (exact) mass is 621 g/mol. The predicted octanol–water partition coefficient (Wildman–Crippen LogP) is 7.44. The lowest BCUT2D eigenvalue weighted by Crippen LogP contribution is -2.17. The van der Waals surface area contributed by atoms with E-state index in [2.05, 4.69) is 15.8 Å². The number of rotatable bonds is 9. The third-order valence-electron chi connectivity index (χ3n) is 5.78. The Kier molecular flexibility index (Phi) is 8.87. The topological polar surface area (TPSA) is 119 Å². The smallest absolute Gasteiger partial charge is 0.355 e. The second-order valence-electron chi connectivity index (χ2n) is 8.62. The fraction of sp³-hybridized carbons (Fsp3) is 0.0667. The molecule has 0 radical (unpaired) electrons. The molecule has 212 valence electrons. The molecule has 5 rings (SSSR count). The van der Waals surface area contributed by atoms with Crippen LogP contribution in [0, 0.1) is 0 Å². The van der Waals surface area contributed by atoms with Gasteiger partial charge in [0.1, 0.15) is 4.88 Å². The quantitative estimate of drug-likeness (QED) is 0.0764. The van der Waals surface area contributed by atoms with E-state index in [1.165, 1.54) is 23.8 Å². The highest BCUT2D eigenvalue weighted by molar-refractivity contribution is 7.21. The molecule has 0 aliphatic heterocycles. The average Bonchev–Trinajstić information content (AvgIpc) is 3.63. The summed E-state index contributed by atoms with van der Waals surface area (Å²) < 4.78 is 17.1. The van der Waals surface area contributed by atoms with Crippen molar-refractivity contribution in [3.8, 4) is 11.5 Å². The zero-order valence-corrected chi connectivity index (χ0v) is 24.2. The van der Waals surface area contributed by atoms with Crippen LogP contribution in [0.2, 0.25) is 10.0 Å². The molecule has 0 fully saturated rings. The van der Waals surface area contributed by atoms with Gasteiger partial charge in [0, 0.05) is 26.4 Å². The Balaban J connectivity index is 1.22. The highest BCUT2D eigenvalue weighted by atomic mass is 35.5. The van der Waals surface area contributed by atoms with Crippen molar-refractivity contribution < 1.29 is 28.3 Å². The van der Waals surface area contributed by atoms with Crippen LogP contribution in [-0.2, 0) is 0 Å². The Morgan fingerprint density at radius 2 is 1.79 bits per heavy atom. The van der Waals surface area contributed by atoms with Gasteiger partial charge in [-0.3, -0.25) is 9.59 Å². The van der Waals surface area contributed by atoms with Gasteiger partial charge in [0.15, 0.2) is 17.3 Å². The predicted molar refractivity (Wildman–Crippen MR) is 163 cm³/mol. The lowest BCUT2D eigenvalue weighted by atomic mass is 10.2. The van der Waals surface area contributed by atoms with Crippen molar-refractivity contribution >= 4 is 74.3 Å². The van der Waals surface area contributed by atoms with Gasteiger partial charge in [0.25, 0.3) is 11.8 Å². The fourth-order valence-corrected chi connectivity index (χ4v) is 5.47. The zero-order valence-electron chi connectivity index (χ0n) is 21.9. The van der Waals surface area contributed by atoms with Crippen LogP contribution in [0.25, 0.3) is 10.1 Å². The van der Waals surface area contributed by atoms with Crippen LogP contribution >= 0.6 is 34.5 Å². The molecule has 0 saturated heterocycles. The molecular weight excluding hydrogens is 601 g/mol. The molecule has 0 unspecified atom stereocenters. The SMILES string of the molecule is CCOc1cc(/C=N\NC(=O)c2ccc(NC(=O)c3ccco3)cc2)ccc1OC(=O)c1sc2cc(Cl)ccc2c1Cl. The first-order valence-corrected chi connectivity index (χ1v) is 14.0. The van der Waals surface area contributed by atoms with Gasteiger partial charge >= 0.3 is 5.97 Å². The van der Waals surface area contributed by atoms with Crippen molar-refractivity contribution in [1.29, 1.82) is 0 Å². The van der Waals surface area contributed by atoms with Gasteiger partial charge in [-0.05, 0) is 79.2 Å². The molecule has 0 aliphatic carbocycles. The van der Waals surface area contributed by atoms with Crippen LogP contribution in [0.15, 0.2) is 88.6 Å². The summed E-state index contributed by atoms with van der Waals surface area (Å²) in [6.07, 6.45) is 2.83. The Morgan fingerprint density at radius 1 is 0.976 bits per heavy atom. The van der Waals surface area contributed by atoms with Gasteiger partial charge in [-0.25, -0.2) is 10.2 Å². The first-order chi connectivity index (χ1) is 20.3. The fourth-order valence-electron chi connectivity index (χ4n) is 3.81. The van der Waals surface area contributed by atoms with Crippen LogP contribution < -0.4 is 20.2 Å². The van der Waals surface area contributed by atoms with Crippen LogP contribution in [0.4, 0.5) is 5.69 Å². The van der Waals surface area contributed by atoms with Gasteiger partial charge in [0.05, 0.1) is 24.1 Å². The molecule has 9 nitrogen and oxygen atoms in total. The third kappa shape index (κ3) is 6.63.